The lowest BCUT2D eigenvalue weighted by Gasteiger charge is -2.17. The van der Waals surface area contributed by atoms with Gasteiger partial charge in [0.25, 0.3) is 0 Å². The number of carbonyl (C=O) groups excluding carboxylic acids is 2. The van der Waals surface area contributed by atoms with Crippen molar-refractivity contribution in [3.05, 3.63) is 57.7 Å². The topological polar surface area (TPSA) is 109 Å². The van der Waals surface area contributed by atoms with E-state index in [-0.39, 0.29) is 17.9 Å². The number of pyridine rings is 1. The number of hydrogen-bond acceptors (Lipinski definition) is 5. The second-order valence-electron chi connectivity index (χ2n) is 7.79. The first-order valence-corrected chi connectivity index (χ1v) is 10.9. The van der Waals surface area contributed by atoms with Crippen molar-refractivity contribution in [1.29, 1.82) is 0 Å². The van der Waals surface area contributed by atoms with E-state index in [9.17, 15) is 9.59 Å². The second kappa shape index (κ2) is 10.0. The Labute approximate surface area is 185 Å². The molecule has 3 atom stereocenters. The van der Waals surface area contributed by atoms with E-state index in [1.54, 1.807) is 13.0 Å². The van der Waals surface area contributed by atoms with Crippen LogP contribution in [-0.4, -0.2) is 35.4 Å². The summed E-state index contributed by atoms with van der Waals surface area (Å²) in [4.78, 5) is 29.2. The number of aryl methyl sites for hydroxylation is 1. The van der Waals surface area contributed by atoms with Crippen LogP contribution in [0.1, 0.15) is 30.2 Å². The van der Waals surface area contributed by atoms with E-state index in [0.29, 0.717) is 18.3 Å². The van der Waals surface area contributed by atoms with Gasteiger partial charge in [-0.3, -0.25) is 9.59 Å². The number of amides is 2. The number of aromatic nitrogens is 1. The van der Waals surface area contributed by atoms with Gasteiger partial charge >= 0.3 is 0 Å². The van der Waals surface area contributed by atoms with Gasteiger partial charge in [0.2, 0.25) is 11.8 Å². The zero-order valence-electron chi connectivity index (χ0n) is 17.2. The smallest absolute Gasteiger partial charge is 0.242 e. The molecule has 7 nitrogen and oxygen atoms in total. The van der Waals surface area contributed by atoms with Crippen molar-refractivity contribution in [2.45, 2.75) is 45.3 Å². The summed E-state index contributed by atoms with van der Waals surface area (Å²) in [7, 11) is 0. The molecule has 160 valence electrons. The Bertz CT molecular complexity index is 920. The molecule has 1 aliphatic heterocycles. The van der Waals surface area contributed by atoms with Crippen molar-refractivity contribution >= 4 is 33.6 Å². The Morgan fingerprint density at radius 1 is 1.27 bits per heavy atom. The standard InChI is InChI=1S/C22H28BrN5O2/c1-13-17(7-8-20(24)27-13)12-26-21(29)14(2)28-22(30)19-10-15(11-25-19)9-16-5-3-4-6-18(16)23/h3-8,14-15,19,25H,9-12H2,1-2H3,(H2,24,27)(H,26,29)(H,28,30)/t14-,15-,19+/m0/s1. The fourth-order valence-corrected chi connectivity index (χ4v) is 4.10. The fraction of sp³-hybridized carbons (Fsp3) is 0.409. The first-order valence-electron chi connectivity index (χ1n) is 10.1. The lowest BCUT2D eigenvalue weighted by atomic mass is 9.96. The zero-order valence-corrected chi connectivity index (χ0v) is 18.8. The van der Waals surface area contributed by atoms with Gasteiger partial charge in [0.15, 0.2) is 0 Å². The van der Waals surface area contributed by atoms with Gasteiger partial charge in [-0.05, 0) is 62.4 Å². The number of nitrogens with one attached hydrogen (secondary N) is 3. The van der Waals surface area contributed by atoms with E-state index in [4.69, 9.17) is 5.73 Å². The molecular weight excluding hydrogens is 446 g/mol. The minimum Gasteiger partial charge on any atom is -0.384 e. The molecule has 0 spiro atoms. The van der Waals surface area contributed by atoms with Gasteiger partial charge in [0.05, 0.1) is 6.04 Å². The molecule has 0 bridgehead atoms. The van der Waals surface area contributed by atoms with Gasteiger partial charge in [-0.1, -0.05) is 40.2 Å². The Morgan fingerprint density at radius 3 is 2.77 bits per heavy atom. The summed E-state index contributed by atoms with van der Waals surface area (Å²) in [5, 5.41) is 8.94. The lowest BCUT2D eigenvalue weighted by Crippen LogP contribution is -2.50. The van der Waals surface area contributed by atoms with Gasteiger partial charge in [0.1, 0.15) is 11.9 Å². The van der Waals surface area contributed by atoms with E-state index in [1.807, 2.05) is 31.2 Å². The van der Waals surface area contributed by atoms with E-state index in [1.165, 1.54) is 5.56 Å². The zero-order chi connectivity index (χ0) is 21.7. The molecule has 2 aromatic rings. The van der Waals surface area contributed by atoms with Crippen LogP contribution in [0.15, 0.2) is 40.9 Å². The predicted molar refractivity (Wildman–Crippen MR) is 121 cm³/mol. The van der Waals surface area contributed by atoms with Crippen LogP contribution in [0.2, 0.25) is 0 Å². The Morgan fingerprint density at radius 2 is 2.03 bits per heavy atom. The number of nitrogens with zero attached hydrogens (tertiary/aromatic N) is 1. The fourth-order valence-electron chi connectivity index (χ4n) is 3.65. The monoisotopic (exact) mass is 473 g/mol. The maximum Gasteiger partial charge on any atom is 0.242 e. The molecule has 2 amide bonds. The SMILES string of the molecule is Cc1nc(N)ccc1CNC(=O)[C@H](C)NC(=O)[C@H]1C[C@H](Cc2ccccc2Br)CN1. The van der Waals surface area contributed by atoms with Gasteiger partial charge in [0, 0.05) is 16.7 Å². The van der Waals surface area contributed by atoms with Crippen molar-refractivity contribution in [1.82, 2.24) is 20.9 Å². The lowest BCUT2D eigenvalue weighted by molar-refractivity contribution is -0.129. The number of rotatable bonds is 7. The molecule has 0 aliphatic carbocycles. The molecule has 30 heavy (non-hydrogen) atoms. The van der Waals surface area contributed by atoms with E-state index in [0.717, 1.165) is 35.1 Å². The van der Waals surface area contributed by atoms with Gasteiger partial charge in [-0.25, -0.2) is 4.98 Å². The number of hydrogen-bond donors (Lipinski definition) is 4. The average Bonchev–Trinajstić information content (AvgIpc) is 3.17. The number of nitrogens with two attached hydrogens (primary N) is 1. The van der Waals surface area contributed by atoms with Crippen LogP contribution in [0.5, 0.6) is 0 Å². The molecule has 8 heteroatoms. The quantitative estimate of drug-likeness (QED) is 0.492. The van der Waals surface area contributed by atoms with Crippen molar-refractivity contribution in [2.24, 2.45) is 5.92 Å². The molecular formula is C22H28BrN5O2. The summed E-state index contributed by atoms with van der Waals surface area (Å²) < 4.78 is 1.09. The van der Waals surface area contributed by atoms with Crippen LogP contribution in [0.25, 0.3) is 0 Å². The molecule has 2 heterocycles. The Kier molecular flexibility index (Phi) is 7.44. The van der Waals surface area contributed by atoms with Gasteiger partial charge in [-0.2, -0.15) is 0 Å². The van der Waals surface area contributed by atoms with Crippen LogP contribution in [-0.2, 0) is 22.6 Å². The van der Waals surface area contributed by atoms with Crippen molar-refractivity contribution < 1.29 is 9.59 Å². The van der Waals surface area contributed by atoms with Crippen LogP contribution in [0.4, 0.5) is 5.82 Å². The number of carbonyl (C=O) groups is 2. The highest BCUT2D eigenvalue weighted by atomic mass is 79.9. The predicted octanol–water partition coefficient (Wildman–Crippen LogP) is 2.08. The highest BCUT2D eigenvalue weighted by Crippen LogP contribution is 2.24. The molecule has 3 rings (SSSR count). The van der Waals surface area contributed by atoms with Crippen molar-refractivity contribution in [3.8, 4) is 0 Å². The second-order valence-corrected chi connectivity index (χ2v) is 8.64. The Hall–Kier alpha value is -2.45. The summed E-state index contributed by atoms with van der Waals surface area (Å²) in [6.07, 6.45) is 1.65. The average molecular weight is 474 g/mol. The third-order valence-corrected chi connectivity index (χ3v) is 6.20. The molecule has 1 aliphatic rings. The summed E-state index contributed by atoms with van der Waals surface area (Å²) in [5.74, 6) is 0.453. The molecule has 0 radical (unpaired) electrons. The summed E-state index contributed by atoms with van der Waals surface area (Å²) in [5.41, 5.74) is 8.56. The minimum absolute atomic E-state index is 0.141. The molecule has 1 fully saturated rings. The van der Waals surface area contributed by atoms with Crippen molar-refractivity contribution in [3.63, 3.8) is 0 Å². The normalized spacial score (nSPS) is 19.3. The minimum atomic E-state index is -0.622. The van der Waals surface area contributed by atoms with E-state index in [2.05, 4.69) is 42.9 Å². The maximum absolute atomic E-state index is 12.6. The maximum atomic E-state index is 12.6. The molecule has 0 unspecified atom stereocenters. The largest absolute Gasteiger partial charge is 0.384 e. The molecule has 5 N–H and O–H groups in total. The number of nitrogen functional groups attached to an aromatic ring is 1. The summed E-state index contributed by atoms with van der Waals surface area (Å²) in [6, 6.07) is 10.8. The van der Waals surface area contributed by atoms with Crippen LogP contribution >= 0.6 is 15.9 Å². The first-order chi connectivity index (χ1) is 14.3. The van der Waals surface area contributed by atoms with Crippen LogP contribution in [0.3, 0.4) is 0 Å². The third kappa shape index (κ3) is 5.79. The number of anilines is 1. The number of benzene rings is 1. The van der Waals surface area contributed by atoms with Gasteiger partial charge < -0.3 is 21.7 Å². The highest BCUT2D eigenvalue weighted by Gasteiger charge is 2.31. The summed E-state index contributed by atoms with van der Waals surface area (Å²) >= 11 is 3.58. The van der Waals surface area contributed by atoms with Gasteiger partial charge in [-0.15, -0.1) is 0 Å². The van der Waals surface area contributed by atoms with Crippen molar-refractivity contribution in [2.75, 3.05) is 12.3 Å². The van der Waals surface area contributed by atoms with Crippen LogP contribution < -0.4 is 21.7 Å². The number of halogens is 1. The molecule has 0 saturated carbocycles. The highest BCUT2D eigenvalue weighted by molar-refractivity contribution is 9.10. The molecule has 1 aromatic carbocycles. The summed E-state index contributed by atoms with van der Waals surface area (Å²) in [6.45, 7) is 4.66. The Balaban J connectivity index is 1.45. The molecule has 1 saturated heterocycles. The first kappa shape index (κ1) is 22.2. The van der Waals surface area contributed by atoms with E-state index >= 15 is 0 Å². The molecule has 1 aromatic heterocycles. The van der Waals surface area contributed by atoms with Crippen LogP contribution in [0, 0.1) is 12.8 Å². The third-order valence-electron chi connectivity index (χ3n) is 5.43. The van der Waals surface area contributed by atoms with E-state index < -0.39 is 6.04 Å².